The summed E-state index contributed by atoms with van der Waals surface area (Å²) in [5, 5.41) is 23.6. The van der Waals surface area contributed by atoms with Crippen LogP contribution >= 0.6 is 0 Å². The summed E-state index contributed by atoms with van der Waals surface area (Å²) >= 11 is 0. The molecule has 14 atom stereocenters. The molecule has 0 aromatic rings. The Morgan fingerprint density at radius 1 is 1.00 bits per heavy atom. The summed E-state index contributed by atoms with van der Waals surface area (Å²) in [4.78, 5) is 14.7. The minimum Gasteiger partial charge on any atom is -0.457 e. The van der Waals surface area contributed by atoms with Crippen LogP contribution in [0.25, 0.3) is 0 Å². The number of carbonyl (C=O) groups excluding carboxylic acids is 1. The number of aliphatic hydroxyl groups excluding tert-OH is 1. The van der Waals surface area contributed by atoms with Crippen LogP contribution in [0.5, 0.6) is 0 Å². The van der Waals surface area contributed by atoms with Crippen LogP contribution in [0.2, 0.25) is 0 Å². The topological polar surface area (TPSA) is 97.7 Å². The van der Waals surface area contributed by atoms with Crippen LogP contribution in [-0.2, 0) is 23.7 Å². The first-order chi connectivity index (χ1) is 22.0. The standard InChI is InChI=1S/C39H63NO7/c1-22-19-25(33(35(5,6)43)45-23(2)41)46-31-30(22)36(7)15-16-39-21-38(39)14-13-28(47-29-20-40(17-18-44-29)24-9-10-24)34(3,4)26(38)11-12-27(39)37(36,8)32(31)42/h22,24-33,42-43H,9-21H2,1-8H3/t22-,25?,26+,27+,28+,29?,30?,31?,32+,33+,36-,37-,38-,39?/m1/s1. The third-order valence-corrected chi connectivity index (χ3v) is 16.5. The SMILES string of the molecule is CC(=O)O[C@@H](C1C[C@@H](C)C2C(O1)[C@H](O)[C@@]1(C)[C@@H]3CC[C@H]4C(C)(C)[C@@H](OC5CN(C6CC6)CCO5)CC[C@@]45CC35CC[C@]21C)C(C)(C)O. The number of morpholine rings is 1. The highest BCUT2D eigenvalue weighted by atomic mass is 16.7. The number of ether oxygens (including phenoxy) is 4. The summed E-state index contributed by atoms with van der Waals surface area (Å²) in [6.07, 6.45) is 9.65. The van der Waals surface area contributed by atoms with Gasteiger partial charge < -0.3 is 29.2 Å². The molecule has 6 saturated carbocycles. The highest BCUT2D eigenvalue weighted by Gasteiger charge is 2.84. The normalized spacial score (nSPS) is 52.7. The van der Waals surface area contributed by atoms with Crippen molar-refractivity contribution in [2.45, 2.75) is 168 Å². The Balaban J connectivity index is 1.04. The summed E-state index contributed by atoms with van der Waals surface area (Å²) in [5.74, 6) is 1.18. The van der Waals surface area contributed by atoms with E-state index in [1.54, 1.807) is 13.8 Å². The summed E-state index contributed by atoms with van der Waals surface area (Å²) in [5.41, 5.74) is -0.854. The molecule has 0 radical (unpaired) electrons. The quantitative estimate of drug-likeness (QED) is 0.351. The van der Waals surface area contributed by atoms with Gasteiger partial charge in [-0.2, -0.15) is 0 Å². The molecule has 0 aromatic carbocycles. The zero-order valence-corrected chi connectivity index (χ0v) is 30.4. The van der Waals surface area contributed by atoms with E-state index in [2.05, 4.69) is 39.5 Å². The Labute approximate surface area is 283 Å². The fourth-order valence-electron chi connectivity index (χ4n) is 14.3. The van der Waals surface area contributed by atoms with Crippen molar-refractivity contribution in [1.29, 1.82) is 0 Å². The van der Waals surface area contributed by atoms with Gasteiger partial charge in [-0.25, -0.2) is 0 Å². The molecule has 6 aliphatic carbocycles. The third kappa shape index (κ3) is 4.55. The molecule has 8 aliphatic rings. The second kappa shape index (κ2) is 10.6. The predicted octanol–water partition coefficient (Wildman–Crippen LogP) is 5.71. The molecule has 2 spiro atoms. The van der Waals surface area contributed by atoms with Gasteiger partial charge in [0, 0.05) is 31.5 Å². The van der Waals surface area contributed by atoms with Crippen LogP contribution < -0.4 is 0 Å². The van der Waals surface area contributed by atoms with E-state index in [0.717, 1.165) is 45.0 Å². The van der Waals surface area contributed by atoms with Crippen LogP contribution in [0.3, 0.4) is 0 Å². The van der Waals surface area contributed by atoms with Crippen molar-refractivity contribution in [2.24, 2.45) is 50.7 Å². The molecule has 47 heavy (non-hydrogen) atoms. The van der Waals surface area contributed by atoms with E-state index in [9.17, 15) is 15.0 Å². The number of fused-ring (bicyclic) bond motifs is 4. The van der Waals surface area contributed by atoms with E-state index in [1.165, 1.54) is 45.4 Å². The molecule has 0 amide bonds. The number of hydrogen-bond acceptors (Lipinski definition) is 8. The van der Waals surface area contributed by atoms with Gasteiger partial charge in [0.25, 0.3) is 0 Å². The average Bonchev–Trinajstić information content (AvgIpc) is 3.91. The van der Waals surface area contributed by atoms with Crippen LogP contribution in [0.1, 0.15) is 120 Å². The van der Waals surface area contributed by atoms with Gasteiger partial charge in [-0.05, 0) is 123 Å². The zero-order chi connectivity index (χ0) is 33.5. The molecule has 8 nitrogen and oxygen atoms in total. The fraction of sp³-hybridized carbons (Fsp3) is 0.974. The van der Waals surface area contributed by atoms with Crippen LogP contribution in [0.4, 0.5) is 0 Å². The first-order valence-electron chi connectivity index (χ1n) is 19.2. The Morgan fingerprint density at radius 3 is 2.38 bits per heavy atom. The molecular weight excluding hydrogens is 594 g/mol. The van der Waals surface area contributed by atoms with Gasteiger partial charge in [-0.1, -0.05) is 34.6 Å². The van der Waals surface area contributed by atoms with Crippen molar-refractivity contribution in [1.82, 2.24) is 4.90 Å². The van der Waals surface area contributed by atoms with Crippen molar-refractivity contribution in [3.63, 3.8) is 0 Å². The number of rotatable bonds is 6. The second-order valence-electron chi connectivity index (χ2n) is 19.4. The summed E-state index contributed by atoms with van der Waals surface area (Å²) in [7, 11) is 0. The van der Waals surface area contributed by atoms with Crippen molar-refractivity contribution < 1.29 is 34.0 Å². The largest absolute Gasteiger partial charge is 0.457 e. The molecule has 2 heterocycles. The van der Waals surface area contributed by atoms with E-state index >= 15 is 0 Å². The van der Waals surface area contributed by atoms with Gasteiger partial charge in [-0.3, -0.25) is 9.69 Å². The van der Waals surface area contributed by atoms with Crippen molar-refractivity contribution in [3.05, 3.63) is 0 Å². The van der Waals surface area contributed by atoms with E-state index in [-0.39, 0.29) is 52.0 Å². The van der Waals surface area contributed by atoms with Crippen LogP contribution in [-0.4, -0.2) is 89.2 Å². The number of aliphatic hydroxyl groups is 2. The summed E-state index contributed by atoms with van der Waals surface area (Å²) < 4.78 is 25.7. The molecular formula is C39H63NO7. The first kappa shape index (κ1) is 33.4. The van der Waals surface area contributed by atoms with Gasteiger partial charge >= 0.3 is 5.97 Å². The summed E-state index contributed by atoms with van der Waals surface area (Å²) in [6, 6.07) is 0.749. The van der Waals surface area contributed by atoms with Crippen LogP contribution in [0, 0.1) is 50.7 Å². The smallest absolute Gasteiger partial charge is 0.303 e. The minimum absolute atomic E-state index is 0.0404. The Hall–Kier alpha value is -0.770. The Kier molecular flexibility index (Phi) is 7.55. The lowest BCUT2D eigenvalue weighted by atomic mass is 9.41. The number of hydrogen-bond donors (Lipinski definition) is 2. The average molecular weight is 658 g/mol. The molecule has 2 aliphatic heterocycles. The molecule has 8 fully saturated rings. The molecule has 266 valence electrons. The van der Waals surface area contributed by atoms with Crippen molar-refractivity contribution in [2.75, 3.05) is 19.7 Å². The predicted molar refractivity (Wildman–Crippen MR) is 177 cm³/mol. The molecule has 2 N–H and O–H groups in total. The number of carbonyl (C=O) groups is 1. The van der Waals surface area contributed by atoms with Gasteiger partial charge in [-0.15, -0.1) is 0 Å². The molecule has 8 heteroatoms. The van der Waals surface area contributed by atoms with Crippen LogP contribution in [0.15, 0.2) is 0 Å². The Bertz CT molecular complexity index is 1260. The van der Waals surface area contributed by atoms with Gasteiger partial charge in [0.15, 0.2) is 12.4 Å². The van der Waals surface area contributed by atoms with Gasteiger partial charge in [0.1, 0.15) is 0 Å². The minimum atomic E-state index is -1.25. The van der Waals surface area contributed by atoms with Crippen molar-refractivity contribution in [3.8, 4) is 0 Å². The fourth-order valence-corrected chi connectivity index (χ4v) is 14.3. The number of nitrogens with zero attached hydrogens (tertiary/aromatic N) is 1. The lowest BCUT2D eigenvalue weighted by Gasteiger charge is -2.64. The summed E-state index contributed by atoms with van der Waals surface area (Å²) in [6.45, 7) is 19.7. The zero-order valence-electron chi connectivity index (χ0n) is 30.4. The maximum Gasteiger partial charge on any atom is 0.303 e. The lowest BCUT2D eigenvalue weighted by Crippen LogP contribution is -2.60. The molecule has 0 bridgehead atoms. The second-order valence-corrected chi connectivity index (χ2v) is 19.4. The number of esters is 1. The van der Waals surface area contributed by atoms with E-state index in [0.29, 0.717) is 23.7 Å². The maximum absolute atomic E-state index is 12.6. The van der Waals surface area contributed by atoms with Gasteiger partial charge in [0.05, 0.1) is 36.6 Å². The molecule has 2 saturated heterocycles. The highest BCUT2D eigenvalue weighted by molar-refractivity contribution is 5.66. The van der Waals surface area contributed by atoms with E-state index < -0.39 is 29.9 Å². The van der Waals surface area contributed by atoms with Gasteiger partial charge in [0.2, 0.25) is 0 Å². The van der Waals surface area contributed by atoms with E-state index in [1.807, 2.05) is 0 Å². The maximum atomic E-state index is 12.6. The molecule has 5 unspecified atom stereocenters. The lowest BCUT2D eigenvalue weighted by molar-refractivity contribution is -0.249. The Morgan fingerprint density at radius 2 is 1.70 bits per heavy atom. The molecule has 8 rings (SSSR count). The highest BCUT2D eigenvalue weighted by Crippen LogP contribution is 2.89. The van der Waals surface area contributed by atoms with Crippen molar-refractivity contribution >= 4 is 5.97 Å². The molecule has 0 aromatic heterocycles. The van der Waals surface area contributed by atoms with E-state index in [4.69, 9.17) is 18.9 Å². The third-order valence-electron chi connectivity index (χ3n) is 16.5. The monoisotopic (exact) mass is 657 g/mol. The first-order valence-corrected chi connectivity index (χ1v) is 19.2.